The number of ketones is 1. The van der Waals surface area contributed by atoms with E-state index >= 15 is 0 Å². The van der Waals surface area contributed by atoms with Gasteiger partial charge in [-0.2, -0.15) is 0 Å². The van der Waals surface area contributed by atoms with Gasteiger partial charge in [0.2, 0.25) is 0 Å². The number of carbonyl (C=O) groups is 1. The van der Waals surface area contributed by atoms with Crippen LogP contribution in [-0.2, 0) is 26.3 Å². The quantitative estimate of drug-likeness (QED) is 0.677. The number of aryl methyl sites for hydroxylation is 1. The largest absolute Gasteiger partial charge is 0.335 e. The van der Waals surface area contributed by atoms with E-state index in [1.165, 1.54) is 11.1 Å². The van der Waals surface area contributed by atoms with Crippen molar-refractivity contribution in [3.8, 4) is 0 Å². The van der Waals surface area contributed by atoms with Crippen LogP contribution in [0.3, 0.4) is 0 Å². The summed E-state index contributed by atoms with van der Waals surface area (Å²) in [5, 5.41) is 0. The molecule has 2 heterocycles. The Labute approximate surface area is 171 Å². The molecule has 0 N–H and O–H groups in total. The molecule has 3 fully saturated rings. The Hall–Kier alpha value is -2.23. The van der Waals surface area contributed by atoms with Crippen LogP contribution in [0.2, 0.25) is 0 Å². The zero-order chi connectivity index (χ0) is 19.5. The lowest BCUT2D eigenvalue weighted by Crippen LogP contribution is -2.49. The van der Waals surface area contributed by atoms with Gasteiger partial charge in [-0.05, 0) is 47.9 Å². The minimum Gasteiger partial charge on any atom is -0.335 e. The van der Waals surface area contributed by atoms with Crippen LogP contribution in [0, 0.1) is 5.92 Å². The Bertz CT molecular complexity index is 994. The highest BCUT2D eigenvalue weighted by molar-refractivity contribution is 5.88. The molecule has 2 aromatic carbocycles. The third-order valence-corrected chi connectivity index (χ3v) is 7.41. The van der Waals surface area contributed by atoms with E-state index in [0.29, 0.717) is 6.42 Å². The number of rotatable bonds is 1. The van der Waals surface area contributed by atoms with Gasteiger partial charge < -0.3 is 9.47 Å². The first kappa shape index (κ1) is 17.6. The summed E-state index contributed by atoms with van der Waals surface area (Å²) < 4.78 is 13.7. The number of Topliss-reactive ketones (excluding diaryl/α,β-unsaturated/α-hetero) is 1. The number of fused-ring (bicyclic) bond motifs is 4. The maximum absolute atomic E-state index is 13.4. The molecular formula is C26H26O3. The molecule has 0 aromatic heterocycles. The predicted octanol–water partition coefficient (Wildman–Crippen LogP) is 5.19. The van der Waals surface area contributed by atoms with Gasteiger partial charge >= 0.3 is 0 Å². The van der Waals surface area contributed by atoms with Gasteiger partial charge in [-0.15, -0.1) is 0 Å². The molecule has 148 valence electrons. The van der Waals surface area contributed by atoms with Crippen molar-refractivity contribution in [2.24, 2.45) is 5.92 Å². The molecule has 0 unspecified atom stereocenters. The van der Waals surface area contributed by atoms with Crippen LogP contribution < -0.4 is 0 Å². The first-order valence-corrected chi connectivity index (χ1v) is 11.0. The van der Waals surface area contributed by atoms with Crippen LogP contribution in [-0.4, -0.2) is 17.7 Å². The Morgan fingerprint density at radius 2 is 1.79 bits per heavy atom. The fourth-order valence-electron chi connectivity index (χ4n) is 6.10. The third-order valence-electron chi connectivity index (χ3n) is 7.41. The molecule has 0 radical (unpaired) electrons. The average molecular weight is 386 g/mol. The zero-order valence-corrected chi connectivity index (χ0v) is 16.6. The average Bonchev–Trinajstić information content (AvgIpc) is 3.04. The van der Waals surface area contributed by atoms with Crippen molar-refractivity contribution in [2.75, 3.05) is 0 Å². The van der Waals surface area contributed by atoms with Gasteiger partial charge in [0.1, 0.15) is 0 Å². The highest BCUT2D eigenvalue weighted by Crippen LogP contribution is 2.61. The molecular weight excluding hydrogens is 360 g/mol. The van der Waals surface area contributed by atoms with Gasteiger partial charge in [0.25, 0.3) is 0 Å². The molecule has 2 aromatic rings. The summed E-state index contributed by atoms with van der Waals surface area (Å²) in [5.41, 5.74) is 3.97. The molecule has 2 spiro atoms. The predicted molar refractivity (Wildman–Crippen MR) is 111 cm³/mol. The van der Waals surface area contributed by atoms with E-state index in [9.17, 15) is 4.79 Å². The van der Waals surface area contributed by atoms with Gasteiger partial charge in [-0.3, -0.25) is 4.79 Å². The van der Waals surface area contributed by atoms with E-state index in [2.05, 4.69) is 54.6 Å². The fourth-order valence-corrected chi connectivity index (χ4v) is 6.10. The van der Waals surface area contributed by atoms with Crippen molar-refractivity contribution < 1.29 is 14.3 Å². The summed E-state index contributed by atoms with van der Waals surface area (Å²) in [6, 6.07) is 18.9. The minimum absolute atomic E-state index is 0.187. The standard InChI is InChI=1S/C26H26O3/c27-23-17-20-11-6-7-15-25(20)28-24(23)26(29-25)21(16-18-8-2-1-3-9-18)14-13-19-10-4-5-12-22(19)26/h1-5,8-10,12,16,20,24H,6-7,11,13-15,17H2/b21-16+/t20-,24-,25-,26+/m0/s1. The smallest absolute Gasteiger partial charge is 0.174 e. The highest BCUT2D eigenvalue weighted by atomic mass is 16.8. The maximum atomic E-state index is 13.4. The van der Waals surface area contributed by atoms with Gasteiger partial charge in [-0.1, -0.05) is 67.1 Å². The van der Waals surface area contributed by atoms with Crippen LogP contribution in [0.15, 0.2) is 60.2 Å². The Morgan fingerprint density at radius 3 is 2.69 bits per heavy atom. The van der Waals surface area contributed by atoms with Crippen LogP contribution in [0.5, 0.6) is 0 Å². The maximum Gasteiger partial charge on any atom is 0.174 e. The highest BCUT2D eigenvalue weighted by Gasteiger charge is 2.68. The molecule has 6 rings (SSSR count). The van der Waals surface area contributed by atoms with E-state index in [4.69, 9.17) is 9.47 Å². The van der Waals surface area contributed by atoms with E-state index in [-0.39, 0.29) is 11.7 Å². The molecule has 2 aliphatic carbocycles. The second kappa shape index (κ2) is 6.38. The number of hydrogen-bond donors (Lipinski definition) is 0. The molecule has 2 saturated heterocycles. The summed E-state index contributed by atoms with van der Waals surface area (Å²) in [7, 11) is 0. The molecule has 1 saturated carbocycles. The first-order chi connectivity index (χ1) is 14.2. The topological polar surface area (TPSA) is 35.5 Å². The van der Waals surface area contributed by atoms with E-state index < -0.39 is 17.5 Å². The van der Waals surface area contributed by atoms with Gasteiger partial charge in [-0.25, -0.2) is 0 Å². The van der Waals surface area contributed by atoms with Crippen molar-refractivity contribution in [3.63, 3.8) is 0 Å². The summed E-state index contributed by atoms with van der Waals surface area (Å²) in [6.07, 6.45) is 8.33. The summed E-state index contributed by atoms with van der Waals surface area (Å²) in [5.74, 6) is -0.205. The summed E-state index contributed by atoms with van der Waals surface area (Å²) in [4.78, 5) is 13.4. The van der Waals surface area contributed by atoms with Crippen molar-refractivity contribution in [3.05, 3.63) is 76.9 Å². The van der Waals surface area contributed by atoms with Crippen LogP contribution in [0.4, 0.5) is 0 Å². The van der Waals surface area contributed by atoms with Crippen LogP contribution >= 0.6 is 0 Å². The van der Waals surface area contributed by atoms with Gasteiger partial charge in [0, 0.05) is 18.8 Å². The molecule has 3 heteroatoms. The zero-order valence-electron chi connectivity index (χ0n) is 16.6. The first-order valence-electron chi connectivity index (χ1n) is 11.0. The van der Waals surface area contributed by atoms with E-state index in [1.807, 2.05) is 6.07 Å². The third kappa shape index (κ3) is 2.47. The van der Waals surface area contributed by atoms with Gasteiger partial charge in [0.15, 0.2) is 23.3 Å². The number of benzene rings is 2. The molecule has 29 heavy (non-hydrogen) atoms. The molecule has 4 atom stereocenters. The van der Waals surface area contributed by atoms with Crippen molar-refractivity contribution in [2.45, 2.75) is 62.4 Å². The second-order valence-electron chi connectivity index (χ2n) is 9.00. The Kier molecular flexibility index (Phi) is 3.88. The fraction of sp³-hybridized carbons (Fsp3) is 0.423. The molecule has 4 aliphatic rings. The number of ether oxygens (including phenoxy) is 2. The molecule has 2 aliphatic heterocycles. The monoisotopic (exact) mass is 386 g/mol. The van der Waals surface area contributed by atoms with Crippen molar-refractivity contribution >= 4 is 11.9 Å². The summed E-state index contributed by atoms with van der Waals surface area (Å²) >= 11 is 0. The van der Waals surface area contributed by atoms with Crippen LogP contribution in [0.25, 0.3) is 6.08 Å². The molecule has 2 bridgehead atoms. The van der Waals surface area contributed by atoms with E-state index in [1.54, 1.807) is 0 Å². The van der Waals surface area contributed by atoms with Crippen molar-refractivity contribution in [1.29, 1.82) is 0 Å². The Morgan fingerprint density at radius 1 is 0.966 bits per heavy atom. The lowest BCUT2D eigenvalue weighted by atomic mass is 9.70. The molecule has 0 amide bonds. The number of carbonyl (C=O) groups excluding carboxylic acids is 1. The van der Waals surface area contributed by atoms with Crippen molar-refractivity contribution in [1.82, 2.24) is 0 Å². The van der Waals surface area contributed by atoms with E-state index in [0.717, 1.165) is 49.7 Å². The normalized spacial score (nSPS) is 36.8. The lowest BCUT2D eigenvalue weighted by Gasteiger charge is -2.42. The lowest BCUT2D eigenvalue weighted by molar-refractivity contribution is -0.245. The van der Waals surface area contributed by atoms with Crippen LogP contribution in [0.1, 0.15) is 55.2 Å². The second-order valence-corrected chi connectivity index (χ2v) is 9.00. The Balaban J connectivity index is 1.57. The summed E-state index contributed by atoms with van der Waals surface area (Å²) in [6.45, 7) is 0. The number of hydrogen-bond acceptors (Lipinski definition) is 3. The van der Waals surface area contributed by atoms with Gasteiger partial charge in [0.05, 0.1) is 0 Å². The minimum atomic E-state index is -0.784. The SMILES string of the molecule is O=C1C[C@@H]2CCCC[C@@]23O[C@@H]1[C@@]1(O3)/C(=C/c2ccccc2)CCc2ccccc21. The molecule has 3 nitrogen and oxygen atoms in total.